The van der Waals surface area contributed by atoms with Gasteiger partial charge in [-0.2, -0.15) is 5.26 Å². The van der Waals surface area contributed by atoms with E-state index in [2.05, 4.69) is 20.3 Å². The molecule has 0 aromatic carbocycles. The first-order valence-corrected chi connectivity index (χ1v) is 12.2. The zero-order valence-electron chi connectivity index (χ0n) is 19.3. The van der Waals surface area contributed by atoms with E-state index in [4.69, 9.17) is 16.3 Å². The molecule has 13 heteroatoms. The zero-order chi connectivity index (χ0) is 26.0. The summed E-state index contributed by atoms with van der Waals surface area (Å²) in [6, 6.07) is 4.19. The molecule has 188 valence electrons. The summed E-state index contributed by atoms with van der Waals surface area (Å²) >= 11 is 7.05. The number of rotatable bonds is 7. The zero-order valence-corrected chi connectivity index (χ0v) is 20.9. The Kier molecular flexibility index (Phi) is 7.53. The number of thiazole rings is 1. The number of hydrogen-bond donors (Lipinski definition) is 3. The van der Waals surface area contributed by atoms with Crippen molar-refractivity contribution in [1.29, 1.82) is 5.26 Å². The van der Waals surface area contributed by atoms with Crippen LogP contribution < -0.4 is 10.2 Å². The van der Waals surface area contributed by atoms with Crippen molar-refractivity contribution in [3.8, 4) is 17.5 Å². The van der Waals surface area contributed by atoms with Crippen molar-refractivity contribution in [2.24, 2.45) is 0 Å². The van der Waals surface area contributed by atoms with Gasteiger partial charge in [0.15, 0.2) is 10.9 Å². The predicted octanol–water partition coefficient (Wildman–Crippen LogP) is 3.62. The molecule has 0 aliphatic carbocycles. The smallest absolute Gasteiger partial charge is 0.348 e. The van der Waals surface area contributed by atoms with Crippen molar-refractivity contribution in [3.05, 3.63) is 51.0 Å². The maximum Gasteiger partial charge on any atom is 0.348 e. The monoisotopic (exact) mass is 532 g/mol. The molecule has 1 aliphatic rings. The van der Waals surface area contributed by atoms with Crippen LogP contribution >= 0.6 is 22.9 Å². The number of aromatic carboxylic acids is 1. The quantitative estimate of drug-likeness (QED) is 0.418. The number of carboxylic acids is 1. The van der Waals surface area contributed by atoms with Crippen LogP contribution in [-0.4, -0.2) is 63.8 Å². The summed E-state index contributed by atoms with van der Waals surface area (Å²) in [7, 11) is 0. The Labute approximate surface area is 214 Å². The largest absolute Gasteiger partial charge is 0.477 e. The number of amides is 1. The fraction of sp³-hybridized carbons (Fsp3) is 0.348. The highest BCUT2D eigenvalue weighted by Gasteiger charge is 2.34. The molecule has 4 heterocycles. The molecular weight excluding hydrogens is 511 g/mol. The number of carbonyl (C=O) groups is 2. The van der Waals surface area contributed by atoms with Crippen molar-refractivity contribution in [1.82, 2.24) is 20.3 Å². The molecule has 0 radical (unpaired) electrons. The predicted molar refractivity (Wildman–Crippen MR) is 131 cm³/mol. The van der Waals surface area contributed by atoms with Crippen LogP contribution in [-0.2, 0) is 4.74 Å². The SMILES string of the molecule is CCOC1CN(c2nc(-c3ncccc3F)c(C(=O)O)s2)CCC1NC(=O)c1[nH]c(C)c(Cl)c1C#N. The normalized spacial score (nSPS) is 17.6. The Morgan fingerprint density at radius 2 is 2.25 bits per heavy atom. The number of nitrogens with one attached hydrogen (secondary N) is 2. The van der Waals surface area contributed by atoms with E-state index < -0.39 is 23.8 Å². The number of carbonyl (C=O) groups excluding carboxylic acids is 1. The summed E-state index contributed by atoms with van der Waals surface area (Å²) in [5.74, 6) is -2.36. The van der Waals surface area contributed by atoms with Crippen molar-refractivity contribution >= 4 is 39.9 Å². The minimum atomic E-state index is -1.23. The summed E-state index contributed by atoms with van der Waals surface area (Å²) in [5.41, 5.74) is 0.523. The molecular formula is C23H22ClFN6O4S. The number of nitriles is 1. The average Bonchev–Trinajstić information content (AvgIpc) is 3.42. The fourth-order valence-electron chi connectivity index (χ4n) is 4.07. The maximum atomic E-state index is 14.3. The summed E-state index contributed by atoms with van der Waals surface area (Å²) in [6.45, 7) is 4.62. The van der Waals surface area contributed by atoms with Crippen LogP contribution in [0.2, 0.25) is 5.02 Å². The molecule has 0 bridgehead atoms. The van der Waals surface area contributed by atoms with Crippen LogP contribution in [0, 0.1) is 24.1 Å². The standard InChI is InChI=1S/C23H22ClFN6O4S/c1-3-35-15-10-31(8-6-14(15)29-21(32)17-12(9-26)16(24)11(2)28-17)23-30-19(20(36-23)22(33)34)18-13(25)5-4-7-27-18/h4-5,7,14-15,28H,3,6,8,10H2,1-2H3,(H,29,32)(H,33,34). The number of hydrogen-bond acceptors (Lipinski definition) is 8. The van der Waals surface area contributed by atoms with Gasteiger partial charge in [-0.05, 0) is 32.4 Å². The lowest BCUT2D eigenvalue weighted by molar-refractivity contribution is 0.0272. The van der Waals surface area contributed by atoms with Gasteiger partial charge in [0.1, 0.15) is 33.6 Å². The molecule has 1 fully saturated rings. The number of nitrogens with zero attached hydrogens (tertiary/aromatic N) is 4. The number of H-pyrrole nitrogens is 1. The number of piperidine rings is 1. The van der Waals surface area contributed by atoms with Crippen molar-refractivity contribution in [3.63, 3.8) is 0 Å². The van der Waals surface area contributed by atoms with Gasteiger partial charge in [0, 0.05) is 31.6 Å². The number of aromatic amines is 1. The van der Waals surface area contributed by atoms with E-state index in [0.29, 0.717) is 36.9 Å². The Morgan fingerprint density at radius 1 is 1.47 bits per heavy atom. The number of aromatic nitrogens is 3. The molecule has 1 amide bonds. The molecule has 2 atom stereocenters. The second-order valence-corrected chi connectivity index (χ2v) is 9.40. The molecule has 0 spiro atoms. The second-order valence-electron chi connectivity index (χ2n) is 8.05. The summed E-state index contributed by atoms with van der Waals surface area (Å²) in [6.07, 6.45) is 1.39. The summed E-state index contributed by atoms with van der Waals surface area (Å²) in [4.78, 5) is 37.8. The van der Waals surface area contributed by atoms with Gasteiger partial charge in [0.05, 0.1) is 17.2 Å². The number of ether oxygens (including phenoxy) is 1. The van der Waals surface area contributed by atoms with Gasteiger partial charge in [-0.15, -0.1) is 0 Å². The molecule has 36 heavy (non-hydrogen) atoms. The third-order valence-electron chi connectivity index (χ3n) is 5.77. The van der Waals surface area contributed by atoms with Gasteiger partial charge in [-0.1, -0.05) is 22.9 Å². The van der Waals surface area contributed by atoms with Crippen LogP contribution in [0.15, 0.2) is 18.3 Å². The molecule has 1 aliphatic heterocycles. The second kappa shape index (κ2) is 10.6. The molecule has 3 aromatic heterocycles. The molecule has 2 unspecified atom stereocenters. The van der Waals surface area contributed by atoms with E-state index in [9.17, 15) is 24.3 Å². The van der Waals surface area contributed by atoms with Crippen LogP contribution in [0.4, 0.5) is 9.52 Å². The van der Waals surface area contributed by atoms with Crippen LogP contribution in [0.1, 0.15) is 44.8 Å². The van der Waals surface area contributed by atoms with Gasteiger partial charge >= 0.3 is 5.97 Å². The first-order chi connectivity index (χ1) is 17.2. The minimum absolute atomic E-state index is 0.0352. The lowest BCUT2D eigenvalue weighted by Gasteiger charge is -2.38. The van der Waals surface area contributed by atoms with E-state index in [1.165, 1.54) is 18.3 Å². The van der Waals surface area contributed by atoms with Crippen molar-refractivity contribution in [2.75, 3.05) is 24.6 Å². The van der Waals surface area contributed by atoms with E-state index in [1.54, 1.807) is 6.92 Å². The van der Waals surface area contributed by atoms with E-state index >= 15 is 0 Å². The summed E-state index contributed by atoms with van der Waals surface area (Å²) in [5, 5.41) is 22.6. The first kappa shape index (κ1) is 25.6. The lowest BCUT2D eigenvalue weighted by atomic mass is 10.0. The van der Waals surface area contributed by atoms with E-state index in [1.807, 2.05) is 17.9 Å². The Morgan fingerprint density at radius 3 is 2.92 bits per heavy atom. The van der Waals surface area contributed by atoms with Crippen molar-refractivity contribution in [2.45, 2.75) is 32.4 Å². The number of aryl methyl sites for hydroxylation is 1. The molecule has 4 rings (SSSR count). The molecule has 3 N–H and O–H groups in total. The minimum Gasteiger partial charge on any atom is -0.477 e. The third kappa shape index (κ3) is 4.90. The number of pyridine rings is 1. The summed E-state index contributed by atoms with van der Waals surface area (Å²) < 4.78 is 20.2. The van der Waals surface area contributed by atoms with Gasteiger partial charge < -0.3 is 25.0 Å². The van der Waals surface area contributed by atoms with E-state index in [-0.39, 0.29) is 38.6 Å². The Hall–Kier alpha value is -3.53. The fourth-order valence-corrected chi connectivity index (χ4v) is 5.19. The molecule has 10 nitrogen and oxygen atoms in total. The highest BCUT2D eigenvalue weighted by molar-refractivity contribution is 7.17. The highest BCUT2D eigenvalue weighted by Crippen LogP contribution is 2.35. The molecule has 3 aromatic rings. The van der Waals surface area contributed by atoms with Crippen molar-refractivity contribution < 1.29 is 23.8 Å². The molecule has 0 saturated carbocycles. The topological polar surface area (TPSA) is 144 Å². The Bertz CT molecular complexity index is 1350. The number of carboxylic acid groups (broad SMARTS) is 1. The number of halogens is 2. The van der Waals surface area contributed by atoms with Gasteiger partial charge in [0.25, 0.3) is 5.91 Å². The third-order valence-corrected chi connectivity index (χ3v) is 7.35. The average molecular weight is 533 g/mol. The van der Waals surface area contributed by atoms with Gasteiger partial charge in [0.2, 0.25) is 0 Å². The van der Waals surface area contributed by atoms with E-state index in [0.717, 1.165) is 11.3 Å². The van der Waals surface area contributed by atoms with Crippen LogP contribution in [0.3, 0.4) is 0 Å². The lowest BCUT2D eigenvalue weighted by Crippen LogP contribution is -2.55. The molecule has 1 saturated heterocycles. The van der Waals surface area contributed by atoms with Gasteiger partial charge in [-0.25, -0.2) is 14.2 Å². The Balaban J connectivity index is 1.56. The van der Waals surface area contributed by atoms with Gasteiger partial charge in [-0.3, -0.25) is 9.78 Å². The van der Waals surface area contributed by atoms with Crippen LogP contribution in [0.25, 0.3) is 11.4 Å². The van der Waals surface area contributed by atoms with Crippen LogP contribution in [0.5, 0.6) is 0 Å². The first-order valence-electron chi connectivity index (χ1n) is 11.1. The maximum absolute atomic E-state index is 14.3. The highest BCUT2D eigenvalue weighted by atomic mass is 35.5. The number of anilines is 1.